The third-order valence-corrected chi connectivity index (χ3v) is 4.63. The molecule has 0 radical (unpaired) electrons. The maximum Gasteiger partial charge on any atom is 0.205 e. The maximum atomic E-state index is 10.8. The number of β-amino-alcohol motifs (C(OH)–C–C–N with tert-alkyl or cyclic N) is 2. The van der Waals surface area contributed by atoms with Crippen LogP contribution in [0.2, 0.25) is 5.02 Å². The van der Waals surface area contributed by atoms with Gasteiger partial charge in [0, 0.05) is 29.2 Å². The van der Waals surface area contributed by atoms with E-state index in [1.807, 2.05) is 29.2 Å². The van der Waals surface area contributed by atoms with E-state index in [9.17, 15) is 5.11 Å². The molecule has 2 aromatic rings. The summed E-state index contributed by atoms with van der Waals surface area (Å²) in [6.07, 6.45) is 0. The van der Waals surface area contributed by atoms with Crippen LogP contribution >= 0.6 is 11.6 Å². The number of benzene rings is 2. The molecule has 0 bridgehead atoms. The zero-order chi connectivity index (χ0) is 17.7. The third-order valence-electron chi connectivity index (χ3n) is 4.26. The summed E-state index contributed by atoms with van der Waals surface area (Å²) in [6.45, 7) is 2.40. The van der Waals surface area contributed by atoms with Gasteiger partial charge in [-0.05, 0) is 30.3 Å². The molecule has 6 heteroatoms. The van der Waals surface area contributed by atoms with E-state index < -0.39 is 5.79 Å². The fourth-order valence-electron chi connectivity index (χ4n) is 2.87. The molecule has 1 atom stereocenters. The van der Waals surface area contributed by atoms with Crippen molar-refractivity contribution in [2.45, 2.75) is 12.4 Å². The topological polar surface area (TPSA) is 62.2 Å². The van der Waals surface area contributed by atoms with E-state index in [1.165, 1.54) is 0 Å². The maximum absolute atomic E-state index is 10.8. The molecule has 0 saturated carbocycles. The largest absolute Gasteiger partial charge is 0.489 e. The van der Waals surface area contributed by atoms with Gasteiger partial charge in [0.25, 0.3) is 0 Å². The molecule has 1 saturated heterocycles. The highest BCUT2D eigenvalue weighted by molar-refractivity contribution is 6.31. The Morgan fingerprint density at radius 1 is 1.16 bits per heavy atom. The molecule has 1 aliphatic rings. The Morgan fingerprint density at radius 2 is 1.92 bits per heavy atom. The van der Waals surface area contributed by atoms with E-state index in [0.29, 0.717) is 49.2 Å². The SMILES string of the molecule is OCCN1CCOC(O)(c2ccc(OCc3ccccc3Cl)cc2)C1. The van der Waals surface area contributed by atoms with Crippen LogP contribution in [-0.2, 0) is 17.1 Å². The van der Waals surface area contributed by atoms with Crippen molar-refractivity contribution in [1.82, 2.24) is 4.90 Å². The molecule has 0 spiro atoms. The number of rotatable bonds is 6. The Bertz CT molecular complexity index is 692. The van der Waals surface area contributed by atoms with Crippen molar-refractivity contribution in [3.63, 3.8) is 0 Å². The van der Waals surface area contributed by atoms with E-state index in [0.717, 1.165) is 5.56 Å². The van der Waals surface area contributed by atoms with Crippen LogP contribution in [0.15, 0.2) is 48.5 Å². The van der Waals surface area contributed by atoms with Crippen molar-refractivity contribution in [2.75, 3.05) is 32.8 Å². The van der Waals surface area contributed by atoms with Gasteiger partial charge < -0.3 is 19.7 Å². The Kier molecular flexibility index (Phi) is 5.93. The second-order valence-corrected chi connectivity index (χ2v) is 6.44. The molecule has 0 aliphatic carbocycles. The van der Waals surface area contributed by atoms with Gasteiger partial charge in [0.2, 0.25) is 5.79 Å². The molecule has 134 valence electrons. The Labute approximate surface area is 152 Å². The fourth-order valence-corrected chi connectivity index (χ4v) is 3.06. The smallest absolute Gasteiger partial charge is 0.205 e. The quantitative estimate of drug-likeness (QED) is 0.825. The lowest BCUT2D eigenvalue weighted by molar-refractivity contribution is -0.248. The van der Waals surface area contributed by atoms with Crippen LogP contribution in [0.1, 0.15) is 11.1 Å². The molecule has 25 heavy (non-hydrogen) atoms. The molecular weight excluding hydrogens is 342 g/mol. The Morgan fingerprint density at radius 3 is 2.64 bits per heavy atom. The average Bonchev–Trinajstić information content (AvgIpc) is 2.62. The van der Waals surface area contributed by atoms with E-state index in [-0.39, 0.29) is 6.61 Å². The number of aliphatic hydroxyl groups excluding tert-OH is 1. The third kappa shape index (κ3) is 4.51. The van der Waals surface area contributed by atoms with Crippen LogP contribution in [0.3, 0.4) is 0 Å². The summed E-state index contributed by atoms with van der Waals surface area (Å²) in [5.74, 6) is -0.676. The van der Waals surface area contributed by atoms with Crippen molar-refractivity contribution in [3.05, 3.63) is 64.7 Å². The highest BCUT2D eigenvalue weighted by atomic mass is 35.5. The van der Waals surface area contributed by atoms with Gasteiger partial charge in [-0.3, -0.25) is 4.90 Å². The number of hydrogen-bond donors (Lipinski definition) is 2. The molecule has 0 amide bonds. The van der Waals surface area contributed by atoms with Crippen molar-refractivity contribution in [1.29, 1.82) is 0 Å². The van der Waals surface area contributed by atoms with E-state index in [4.69, 9.17) is 26.2 Å². The number of nitrogens with zero attached hydrogens (tertiary/aromatic N) is 1. The van der Waals surface area contributed by atoms with E-state index in [1.54, 1.807) is 24.3 Å². The van der Waals surface area contributed by atoms with Gasteiger partial charge in [-0.25, -0.2) is 0 Å². The predicted octanol–water partition coefficient (Wildman–Crippen LogP) is 2.39. The Balaban J connectivity index is 1.64. The zero-order valence-electron chi connectivity index (χ0n) is 13.9. The summed E-state index contributed by atoms with van der Waals surface area (Å²) in [5.41, 5.74) is 1.59. The van der Waals surface area contributed by atoms with Crippen molar-refractivity contribution >= 4 is 11.6 Å². The fraction of sp³-hybridized carbons (Fsp3) is 0.368. The summed E-state index contributed by atoms with van der Waals surface area (Å²) < 4.78 is 11.3. The molecule has 0 aromatic heterocycles. The second-order valence-electron chi connectivity index (χ2n) is 6.04. The van der Waals surface area contributed by atoms with Crippen LogP contribution in [0.5, 0.6) is 5.75 Å². The molecule has 2 N–H and O–H groups in total. The monoisotopic (exact) mass is 363 g/mol. The van der Waals surface area contributed by atoms with Gasteiger partial charge >= 0.3 is 0 Å². The second kappa shape index (κ2) is 8.17. The summed E-state index contributed by atoms with van der Waals surface area (Å²) in [7, 11) is 0. The van der Waals surface area contributed by atoms with Crippen molar-refractivity contribution in [2.24, 2.45) is 0 Å². The molecule has 3 rings (SSSR count). The molecule has 1 heterocycles. The van der Waals surface area contributed by atoms with Crippen molar-refractivity contribution in [3.8, 4) is 5.75 Å². The van der Waals surface area contributed by atoms with Gasteiger partial charge in [-0.2, -0.15) is 0 Å². The lowest BCUT2D eigenvalue weighted by atomic mass is 10.0. The lowest BCUT2D eigenvalue weighted by Crippen LogP contribution is -2.50. The number of aliphatic hydroxyl groups is 2. The first-order chi connectivity index (χ1) is 12.1. The van der Waals surface area contributed by atoms with Crippen molar-refractivity contribution < 1.29 is 19.7 Å². The minimum absolute atomic E-state index is 0.0604. The zero-order valence-corrected chi connectivity index (χ0v) is 14.7. The van der Waals surface area contributed by atoms with Crippen LogP contribution in [0.25, 0.3) is 0 Å². The highest BCUT2D eigenvalue weighted by Crippen LogP contribution is 2.29. The number of hydrogen-bond acceptors (Lipinski definition) is 5. The van der Waals surface area contributed by atoms with Gasteiger partial charge in [-0.1, -0.05) is 29.8 Å². The lowest BCUT2D eigenvalue weighted by Gasteiger charge is -2.39. The van der Waals surface area contributed by atoms with Gasteiger partial charge in [-0.15, -0.1) is 0 Å². The van der Waals surface area contributed by atoms with E-state index in [2.05, 4.69) is 0 Å². The number of morpholine rings is 1. The van der Waals surface area contributed by atoms with Crippen LogP contribution < -0.4 is 4.74 Å². The highest BCUT2D eigenvalue weighted by Gasteiger charge is 2.36. The van der Waals surface area contributed by atoms with Crippen LogP contribution in [0, 0.1) is 0 Å². The molecule has 1 unspecified atom stereocenters. The normalized spacial score (nSPS) is 21.2. The van der Waals surface area contributed by atoms with Crippen LogP contribution in [-0.4, -0.2) is 48.0 Å². The van der Waals surface area contributed by atoms with Gasteiger partial charge in [0.05, 0.1) is 19.8 Å². The molecule has 1 aliphatic heterocycles. The molecule has 1 fully saturated rings. The first-order valence-corrected chi connectivity index (χ1v) is 8.65. The summed E-state index contributed by atoms with van der Waals surface area (Å²) in [4.78, 5) is 1.98. The summed E-state index contributed by atoms with van der Waals surface area (Å²) >= 11 is 6.12. The number of ether oxygens (including phenoxy) is 2. The molecule has 2 aromatic carbocycles. The standard InChI is InChI=1S/C19H22ClNO4/c20-18-4-2-1-3-15(18)13-24-17-7-5-16(6-8-17)19(23)14-21(9-11-22)10-12-25-19/h1-8,22-23H,9-14H2. The first kappa shape index (κ1) is 18.2. The van der Waals surface area contributed by atoms with Gasteiger partial charge in [0.1, 0.15) is 12.4 Å². The average molecular weight is 364 g/mol. The summed E-state index contributed by atoms with van der Waals surface area (Å²) in [6, 6.07) is 14.8. The summed E-state index contributed by atoms with van der Waals surface area (Å²) in [5, 5.41) is 20.5. The molecular formula is C19H22ClNO4. The minimum atomic E-state index is -1.37. The Hall–Kier alpha value is -1.63. The first-order valence-electron chi connectivity index (χ1n) is 8.27. The number of halogens is 1. The van der Waals surface area contributed by atoms with Gasteiger partial charge in [0.15, 0.2) is 0 Å². The molecule has 5 nitrogen and oxygen atoms in total. The van der Waals surface area contributed by atoms with Crippen LogP contribution in [0.4, 0.5) is 0 Å². The predicted molar refractivity (Wildman–Crippen MR) is 95.6 cm³/mol. The minimum Gasteiger partial charge on any atom is -0.489 e. The van der Waals surface area contributed by atoms with E-state index >= 15 is 0 Å².